The minimum atomic E-state index is -3.28. The second-order valence-corrected chi connectivity index (χ2v) is 8.26. The molecule has 1 aliphatic carbocycles. The smallest absolute Gasteiger partial charge is 0.242 e. The van der Waals surface area contributed by atoms with Crippen LogP contribution in [0.5, 0.6) is 0 Å². The number of carbonyl (C=O) groups excluding carboxylic acids is 1. The van der Waals surface area contributed by atoms with Gasteiger partial charge in [0.15, 0.2) is 0 Å². The van der Waals surface area contributed by atoms with Gasteiger partial charge in [-0.1, -0.05) is 25.7 Å². The van der Waals surface area contributed by atoms with Crippen molar-refractivity contribution in [3.8, 4) is 0 Å². The molecule has 0 heterocycles. The van der Waals surface area contributed by atoms with Crippen molar-refractivity contribution in [2.45, 2.75) is 57.5 Å². The standard InChI is InChI=1S/C17H27N3O3S/c1-13(17(21)19-14-7-5-3-4-6-8-14)18-15-9-11-16(12-10-15)20-24(2,22)23/h9-14,18,20H,3-8H2,1-2H3,(H,19,21). The Morgan fingerprint density at radius 1 is 1.04 bits per heavy atom. The maximum atomic E-state index is 12.3. The Kier molecular flexibility index (Phi) is 6.48. The fourth-order valence-electron chi connectivity index (χ4n) is 2.91. The zero-order chi connectivity index (χ0) is 17.6. The topological polar surface area (TPSA) is 87.3 Å². The van der Waals surface area contributed by atoms with Crippen molar-refractivity contribution in [2.24, 2.45) is 0 Å². The number of carbonyl (C=O) groups is 1. The molecule has 0 bridgehead atoms. The summed E-state index contributed by atoms with van der Waals surface area (Å²) in [7, 11) is -3.28. The van der Waals surface area contributed by atoms with Crippen molar-refractivity contribution >= 4 is 27.3 Å². The molecule has 3 N–H and O–H groups in total. The molecule has 2 rings (SSSR count). The van der Waals surface area contributed by atoms with Gasteiger partial charge in [0.2, 0.25) is 15.9 Å². The molecule has 0 aliphatic heterocycles. The zero-order valence-corrected chi connectivity index (χ0v) is 15.2. The average Bonchev–Trinajstić information content (AvgIpc) is 2.76. The van der Waals surface area contributed by atoms with Crippen LogP contribution in [0.2, 0.25) is 0 Å². The lowest BCUT2D eigenvalue weighted by Gasteiger charge is -2.21. The van der Waals surface area contributed by atoms with Gasteiger partial charge < -0.3 is 10.6 Å². The van der Waals surface area contributed by atoms with Gasteiger partial charge in [-0.3, -0.25) is 9.52 Å². The van der Waals surface area contributed by atoms with Crippen molar-refractivity contribution in [1.29, 1.82) is 0 Å². The van der Waals surface area contributed by atoms with E-state index in [0.717, 1.165) is 24.8 Å². The van der Waals surface area contributed by atoms with E-state index in [-0.39, 0.29) is 18.0 Å². The Morgan fingerprint density at radius 3 is 2.12 bits per heavy atom. The molecule has 0 radical (unpaired) electrons. The first-order valence-electron chi connectivity index (χ1n) is 8.48. The number of nitrogens with one attached hydrogen (secondary N) is 3. The molecule has 0 spiro atoms. The predicted molar refractivity (Wildman–Crippen MR) is 97.6 cm³/mol. The first-order chi connectivity index (χ1) is 11.3. The Balaban J connectivity index is 1.86. The monoisotopic (exact) mass is 353 g/mol. The molecule has 1 saturated carbocycles. The van der Waals surface area contributed by atoms with Gasteiger partial charge in [0.1, 0.15) is 6.04 Å². The van der Waals surface area contributed by atoms with Crippen LogP contribution < -0.4 is 15.4 Å². The molecular formula is C17H27N3O3S. The zero-order valence-electron chi connectivity index (χ0n) is 14.3. The maximum Gasteiger partial charge on any atom is 0.242 e. The summed E-state index contributed by atoms with van der Waals surface area (Å²) in [6, 6.07) is 6.78. The van der Waals surface area contributed by atoms with Crippen molar-refractivity contribution in [3.63, 3.8) is 0 Å². The van der Waals surface area contributed by atoms with Gasteiger partial charge in [-0.25, -0.2) is 8.42 Å². The number of anilines is 2. The van der Waals surface area contributed by atoms with Crippen LogP contribution in [-0.2, 0) is 14.8 Å². The van der Waals surface area contributed by atoms with E-state index >= 15 is 0 Å². The quantitative estimate of drug-likeness (QED) is 0.686. The van der Waals surface area contributed by atoms with Crippen molar-refractivity contribution in [2.75, 3.05) is 16.3 Å². The SMILES string of the molecule is CC(Nc1ccc(NS(C)(=O)=O)cc1)C(=O)NC1CCCCCC1. The Morgan fingerprint density at radius 2 is 1.58 bits per heavy atom. The summed E-state index contributed by atoms with van der Waals surface area (Å²) >= 11 is 0. The van der Waals surface area contributed by atoms with E-state index in [9.17, 15) is 13.2 Å². The first-order valence-corrected chi connectivity index (χ1v) is 10.4. The van der Waals surface area contributed by atoms with E-state index in [1.807, 2.05) is 6.92 Å². The number of hydrogen-bond donors (Lipinski definition) is 3. The van der Waals surface area contributed by atoms with Crippen LogP contribution in [0.25, 0.3) is 0 Å². The van der Waals surface area contributed by atoms with Crippen LogP contribution in [0.3, 0.4) is 0 Å². The third kappa shape index (κ3) is 6.39. The summed E-state index contributed by atoms with van der Waals surface area (Å²) < 4.78 is 24.8. The van der Waals surface area contributed by atoms with Gasteiger partial charge >= 0.3 is 0 Å². The van der Waals surface area contributed by atoms with Gasteiger partial charge in [-0.2, -0.15) is 0 Å². The number of rotatable bonds is 6. The minimum Gasteiger partial charge on any atom is -0.374 e. The highest BCUT2D eigenvalue weighted by Crippen LogP contribution is 2.18. The molecule has 0 aromatic heterocycles. The van der Waals surface area contributed by atoms with Crippen LogP contribution in [-0.4, -0.2) is 32.7 Å². The minimum absolute atomic E-state index is 0.000220. The highest BCUT2D eigenvalue weighted by atomic mass is 32.2. The van der Waals surface area contributed by atoms with E-state index in [1.165, 1.54) is 25.7 Å². The summed E-state index contributed by atoms with van der Waals surface area (Å²) in [4.78, 5) is 12.3. The maximum absolute atomic E-state index is 12.3. The highest BCUT2D eigenvalue weighted by molar-refractivity contribution is 7.92. The molecule has 24 heavy (non-hydrogen) atoms. The van der Waals surface area contributed by atoms with Gasteiger partial charge in [0.05, 0.1) is 6.26 Å². The lowest BCUT2D eigenvalue weighted by molar-refractivity contribution is -0.122. The van der Waals surface area contributed by atoms with Crippen molar-refractivity contribution in [1.82, 2.24) is 5.32 Å². The fourth-order valence-corrected chi connectivity index (χ4v) is 3.48. The molecule has 1 amide bonds. The second kappa shape index (κ2) is 8.37. The lowest BCUT2D eigenvalue weighted by atomic mass is 10.1. The highest BCUT2D eigenvalue weighted by Gasteiger charge is 2.18. The normalized spacial score (nSPS) is 17.6. The second-order valence-electron chi connectivity index (χ2n) is 6.51. The molecule has 1 atom stereocenters. The Bertz CT molecular complexity index is 636. The van der Waals surface area contributed by atoms with Crippen LogP contribution in [0, 0.1) is 0 Å². The molecule has 1 fully saturated rings. The van der Waals surface area contributed by atoms with Crippen LogP contribution in [0.1, 0.15) is 45.4 Å². The summed E-state index contributed by atoms with van der Waals surface area (Å²) in [6.07, 6.45) is 8.11. The molecule has 1 unspecified atom stereocenters. The van der Waals surface area contributed by atoms with Gasteiger partial charge in [0.25, 0.3) is 0 Å². The van der Waals surface area contributed by atoms with Crippen LogP contribution >= 0.6 is 0 Å². The summed E-state index contributed by atoms with van der Waals surface area (Å²) in [6.45, 7) is 1.83. The fraction of sp³-hybridized carbons (Fsp3) is 0.588. The molecule has 134 valence electrons. The van der Waals surface area contributed by atoms with Crippen LogP contribution in [0.15, 0.2) is 24.3 Å². The van der Waals surface area contributed by atoms with Gasteiger partial charge in [-0.15, -0.1) is 0 Å². The summed E-state index contributed by atoms with van der Waals surface area (Å²) in [5, 5.41) is 6.28. The van der Waals surface area contributed by atoms with Crippen molar-refractivity contribution < 1.29 is 13.2 Å². The number of benzene rings is 1. The summed E-state index contributed by atoms with van der Waals surface area (Å²) in [5.74, 6) is 0.000220. The molecular weight excluding hydrogens is 326 g/mol. The summed E-state index contributed by atoms with van der Waals surface area (Å²) in [5.41, 5.74) is 1.27. The number of hydrogen-bond acceptors (Lipinski definition) is 4. The molecule has 6 nitrogen and oxygen atoms in total. The van der Waals surface area contributed by atoms with E-state index in [2.05, 4.69) is 15.4 Å². The third-order valence-corrected chi connectivity index (χ3v) is 4.77. The van der Waals surface area contributed by atoms with E-state index in [1.54, 1.807) is 24.3 Å². The lowest BCUT2D eigenvalue weighted by Crippen LogP contribution is -2.43. The number of amides is 1. The average molecular weight is 353 g/mol. The molecule has 1 aliphatic rings. The van der Waals surface area contributed by atoms with Crippen molar-refractivity contribution in [3.05, 3.63) is 24.3 Å². The molecule has 1 aromatic rings. The Labute approximate surface area is 144 Å². The predicted octanol–water partition coefficient (Wildman–Crippen LogP) is 2.70. The molecule has 7 heteroatoms. The third-order valence-electron chi connectivity index (χ3n) is 4.17. The molecule has 1 aromatic carbocycles. The Hall–Kier alpha value is -1.76. The van der Waals surface area contributed by atoms with E-state index < -0.39 is 10.0 Å². The van der Waals surface area contributed by atoms with Gasteiger partial charge in [0, 0.05) is 17.4 Å². The first kappa shape index (κ1) is 18.6. The van der Waals surface area contributed by atoms with E-state index in [0.29, 0.717) is 5.69 Å². The van der Waals surface area contributed by atoms with Crippen LogP contribution in [0.4, 0.5) is 11.4 Å². The number of sulfonamides is 1. The van der Waals surface area contributed by atoms with E-state index in [4.69, 9.17) is 0 Å². The largest absolute Gasteiger partial charge is 0.374 e. The van der Waals surface area contributed by atoms with Gasteiger partial charge in [-0.05, 0) is 44.0 Å². The molecule has 0 saturated heterocycles.